The van der Waals surface area contributed by atoms with Crippen molar-refractivity contribution in [1.82, 2.24) is 14.4 Å². The number of rotatable bonds is 7. The van der Waals surface area contributed by atoms with Crippen molar-refractivity contribution in [3.63, 3.8) is 0 Å². The summed E-state index contributed by atoms with van der Waals surface area (Å²) in [6, 6.07) is 19.8. The van der Waals surface area contributed by atoms with Crippen molar-refractivity contribution in [2.45, 2.75) is 13.0 Å². The molecule has 0 radical (unpaired) electrons. The minimum atomic E-state index is 0.129. The van der Waals surface area contributed by atoms with Gasteiger partial charge in [-0.15, -0.1) is 0 Å². The summed E-state index contributed by atoms with van der Waals surface area (Å²) < 4.78 is 2.16. The Balaban J connectivity index is 1.12. The van der Waals surface area contributed by atoms with Gasteiger partial charge in [-0.2, -0.15) is 0 Å². The van der Waals surface area contributed by atoms with Crippen molar-refractivity contribution >= 4 is 17.7 Å². The summed E-state index contributed by atoms with van der Waals surface area (Å²) >= 11 is 0. The van der Waals surface area contributed by atoms with E-state index in [1.165, 1.54) is 5.56 Å². The summed E-state index contributed by atoms with van der Waals surface area (Å²) in [6.45, 7) is 7.19. The van der Waals surface area contributed by atoms with Crippen LogP contribution in [0.15, 0.2) is 72.9 Å². The van der Waals surface area contributed by atoms with E-state index in [2.05, 4.69) is 38.7 Å². The molecule has 1 fully saturated rings. The van der Waals surface area contributed by atoms with E-state index < -0.39 is 0 Å². The number of carbonyl (C=O) groups excluding carboxylic acids is 1. The van der Waals surface area contributed by atoms with Gasteiger partial charge in [-0.1, -0.05) is 36.4 Å². The van der Waals surface area contributed by atoms with Crippen LogP contribution in [0.25, 0.3) is 6.08 Å². The van der Waals surface area contributed by atoms with Gasteiger partial charge in [0.05, 0.1) is 11.3 Å². The number of amides is 1. The summed E-state index contributed by atoms with van der Waals surface area (Å²) in [5.74, 6) is 0.434. The molecular weight excluding hydrogens is 424 g/mol. The van der Waals surface area contributed by atoms with Crippen LogP contribution in [-0.2, 0) is 6.54 Å². The molecule has 0 saturated carbocycles. The third-order valence-electron chi connectivity index (χ3n) is 6.81. The lowest BCUT2D eigenvalue weighted by molar-refractivity contribution is 0.0767. The summed E-state index contributed by atoms with van der Waals surface area (Å²) in [6.07, 6.45) is 7.20. The van der Waals surface area contributed by atoms with Gasteiger partial charge in [-0.25, -0.2) is 0 Å². The average Bonchev–Trinajstić information content (AvgIpc) is 3.19. The topological polar surface area (TPSA) is 52.0 Å². The van der Waals surface area contributed by atoms with E-state index in [-0.39, 0.29) is 5.91 Å². The maximum absolute atomic E-state index is 13.2. The van der Waals surface area contributed by atoms with E-state index in [9.17, 15) is 9.90 Å². The highest BCUT2D eigenvalue weighted by molar-refractivity contribution is 5.98. The summed E-state index contributed by atoms with van der Waals surface area (Å²) in [5, 5.41) is 9.49. The van der Waals surface area contributed by atoms with Crippen LogP contribution in [0.2, 0.25) is 0 Å². The van der Waals surface area contributed by atoms with Crippen molar-refractivity contribution in [2.75, 3.05) is 50.7 Å². The van der Waals surface area contributed by atoms with Gasteiger partial charge in [-0.05, 0) is 54.9 Å². The highest BCUT2D eigenvalue weighted by Crippen LogP contribution is 2.22. The Labute approximate surface area is 201 Å². The van der Waals surface area contributed by atoms with Crippen LogP contribution in [0.1, 0.15) is 28.0 Å². The van der Waals surface area contributed by atoms with Gasteiger partial charge in [0.25, 0.3) is 5.91 Å². The fourth-order valence-electron chi connectivity index (χ4n) is 4.89. The molecule has 1 amide bonds. The number of hydrogen-bond acceptors (Lipinski definition) is 4. The lowest BCUT2D eigenvalue weighted by atomic mass is 10.2. The number of hydrogen-bond donors (Lipinski definition) is 1. The molecular formula is C28H32N4O2. The van der Waals surface area contributed by atoms with E-state index in [0.29, 0.717) is 12.3 Å². The number of phenols is 1. The van der Waals surface area contributed by atoms with Crippen molar-refractivity contribution in [1.29, 1.82) is 0 Å². The molecule has 0 bridgehead atoms. The summed E-state index contributed by atoms with van der Waals surface area (Å²) in [4.78, 5) is 20.1. The van der Waals surface area contributed by atoms with E-state index in [4.69, 9.17) is 0 Å². The highest BCUT2D eigenvalue weighted by atomic mass is 16.3. The molecule has 0 unspecified atom stereocenters. The van der Waals surface area contributed by atoms with Crippen molar-refractivity contribution in [3.8, 4) is 5.75 Å². The third-order valence-corrected chi connectivity index (χ3v) is 6.81. The monoisotopic (exact) mass is 456 g/mol. The van der Waals surface area contributed by atoms with E-state index in [1.54, 1.807) is 12.1 Å². The van der Waals surface area contributed by atoms with Crippen LogP contribution >= 0.6 is 0 Å². The normalized spacial score (nSPS) is 16.5. The zero-order valence-electron chi connectivity index (χ0n) is 19.5. The van der Waals surface area contributed by atoms with Crippen LogP contribution in [0.5, 0.6) is 5.75 Å². The van der Waals surface area contributed by atoms with Gasteiger partial charge in [0.15, 0.2) is 0 Å². The molecule has 2 aliphatic rings. The third kappa shape index (κ3) is 5.02. The standard InChI is InChI=1S/C28H32N4O2/c33-25-11-9-24(10-12-25)30-20-18-29(19-21-30)14-5-16-31-15-4-8-27-26(28(31)34)13-17-32(27)22-23-6-2-1-3-7-23/h1-4,6-13,17,33H,5,14-16,18-22H2. The lowest BCUT2D eigenvalue weighted by Crippen LogP contribution is -2.47. The molecule has 6 nitrogen and oxygen atoms in total. The first kappa shape index (κ1) is 22.3. The number of nitrogens with zero attached hydrogens (tertiary/aromatic N) is 4. The molecule has 0 atom stereocenters. The maximum atomic E-state index is 13.2. The van der Waals surface area contributed by atoms with Gasteiger partial charge < -0.3 is 19.5 Å². The molecule has 2 aromatic carbocycles. The van der Waals surface area contributed by atoms with Crippen molar-refractivity contribution in [3.05, 3.63) is 89.8 Å². The first-order valence-corrected chi connectivity index (χ1v) is 12.1. The predicted octanol–water partition coefficient (Wildman–Crippen LogP) is 3.92. The molecule has 34 heavy (non-hydrogen) atoms. The van der Waals surface area contributed by atoms with Crippen LogP contribution in [0.4, 0.5) is 5.69 Å². The number of piperazine rings is 1. The zero-order chi connectivity index (χ0) is 23.3. The fraction of sp³-hybridized carbons (Fsp3) is 0.321. The van der Waals surface area contributed by atoms with Crippen molar-refractivity contribution in [2.24, 2.45) is 0 Å². The van der Waals surface area contributed by atoms with E-state index in [1.807, 2.05) is 47.5 Å². The Morgan fingerprint density at radius 1 is 0.853 bits per heavy atom. The first-order valence-electron chi connectivity index (χ1n) is 12.1. The molecule has 176 valence electrons. The van der Waals surface area contributed by atoms with Gasteiger partial charge in [0.1, 0.15) is 5.75 Å². The van der Waals surface area contributed by atoms with Gasteiger partial charge in [-0.3, -0.25) is 9.69 Å². The maximum Gasteiger partial charge on any atom is 0.256 e. The predicted molar refractivity (Wildman–Crippen MR) is 136 cm³/mol. The Kier molecular flexibility index (Phi) is 6.67. The Morgan fingerprint density at radius 3 is 2.38 bits per heavy atom. The number of phenolic OH excluding ortho intramolecular Hbond substituents is 1. The number of fused-ring (bicyclic) bond motifs is 1. The van der Waals surface area contributed by atoms with Gasteiger partial charge in [0.2, 0.25) is 0 Å². The summed E-state index contributed by atoms with van der Waals surface area (Å²) in [7, 11) is 0. The second kappa shape index (κ2) is 10.2. The minimum Gasteiger partial charge on any atom is -0.508 e. The molecule has 1 aromatic heterocycles. The molecule has 2 aliphatic heterocycles. The average molecular weight is 457 g/mol. The van der Waals surface area contributed by atoms with Gasteiger partial charge >= 0.3 is 0 Å². The number of anilines is 1. The van der Waals surface area contributed by atoms with Gasteiger partial charge in [0, 0.05) is 57.7 Å². The molecule has 3 heterocycles. The number of carbonyl (C=O) groups is 1. The SMILES string of the molecule is O=C1c2ccn(Cc3ccccc3)c2C=CCN1CCCN1CCN(c2ccc(O)cc2)CC1. The van der Waals surface area contributed by atoms with E-state index >= 15 is 0 Å². The molecule has 6 heteroatoms. The first-order chi connectivity index (χ1) is 16.7. The van der Waals surface area contributed by atoms with Crippen LogP contribution in [0.3, 0.4) is 0 Å². The molecule has 0 aliphatic carbocycles. The molecule has 0 spiro atoms. The molecule has 1 saturated heterocycles. The number of aromatic nitrogens is 1. The Morgan fingerprint density at radius 2 is 1.62 bits per heavy atom. The highest BCUT2D eigenvalue weighted by Gasteiger charge is 2.23. The Bertz CT molecular complexity index is 1130. The number of aromatic hydroxyl groups is 1. The van der Waals surface area contributed by atoms with E-state index in [0.717, 1.165) is 69.2 Å². The van der Waals surface area contributed by atoms with Crippen molar-refractivity contribution < 1.29 is 9.90 Å². The minimum absolute atomic E-state index is 0.129. The molecule has 3 aromatic rings. The lowest BCUT2D eigenvalue weighted by Gasteiger charge is -2.36. The molecule has 5 rings (SSSR count). The quantitative estimate of drug-likeness (QED) is 0.586. The Hall–Kier alpha value is -3.51. The largest absolute Gasteiger partial charge is 0.508 e. The number of benzene rings is 2. The summed E-state index contributed by atoms with van der Waals surface area (Å²) in [5.41, 5.74) is 4.19. The second-order valence-electron chi connectivity index (χ2n) is 9.08. The van der Waals surface area contributed by atoms with Crippen LogP contribution < -0.4 is 4.90 Å². The second-order valence-corrected chi connectivity index (χ2v) is 9.08. The zero-order valence-corrected chi connectivity index (χ0v) is 19.5. The smallest absolute Gasteiger partial charge is 0.256 e. The fourth-order valence-corrected chi connectivity index (χ4v) is 4.89. The molecule has 1 N–H and O–H groups in total. The van der Waals surface area contributed by atoms with Crippen LogP contribution in [0, 0.1) is 0 Å². The van der Waals surface area contributed by atoms with Crippen LogP contribution in [-0.4, -0.2) is 71.2 Å².